The lowest BCUT2D eigenvalue weighted by Crippen LogP contribution is -2.43. The van der Waals surface area contributed by atoms with Gasteiger partial charge in [-0.25, -0.2) is 4.99 Å². The minimum absolute atomic E-state index is 0. The van der Waals surface area contributed by atoms with Crippen molar-refractivity contribution in [2.24, 2.45) is 4.99 Å². The SMILES string of the molecule is CCNC(=NCC(C)Oc1ccccc1OC)N1CCC(N(CC)CC)C1.I. The van der Waals surface area contributed by atoms with E-state index in [1.807, 2.05) is 31.2 Å². The van der Waals surface area contributed by atoms with Gasteiger partial charge in [0.1, 0.15) is 6.10 Å². The average Bonchev–Trinajstić information content (AvgIpc) is 3.16. The number of benzene rings is 1. The Morgan fingerprint density at radius 3 is 2.54 bits per heavy atom. The number of rotatable bonds is 9. The first-order valence-electron chi connectivity index (χ1n) is 10.2. The number of ether oxygens (including phenoxy) is 2. The smallest absolute Gasteiger partial charge is 0.194 e. The third-order valence-electron chi connectivity index (χ3n) is 5.02. The van der Waals surface area contributed by atoms with Crippen molar-refractivity contribution in [3.63, 3.8) is 0 Å². The monoisotopic (exact) mass is 504 g/mol. The zero-order valence-electron chi connectivity index (χ0n) is 18.0. The summed E-state index contributed by atoms with van der Waals surface area (Å²) in [7, 11) is 1.66. The molecule has 0 aliphatic carbocycles. The summed E-state index contributed by atoms with van der Waals surface area (Å²) in [4.78, 5) is 9.76. The normalized spacial score (nSPS) is 18.0. The Labute approximate surface area is 187 Å². The molecule has 2 atom stereocenters. The van der Waals surface area contributed by atoms with Crippen molar-refractivity contribution in [2.45, 2.75) is 46.3 Å². The van der Waals surface area contributed by atoms with Crippen molar-refractivity contribution < 1.29 is 9.47 Å². The summed E-state index contributed by atoms with van der Waals surface area (Å²) in [6, 6.07) is 8.35. The lowest BCUT2D eigenvalue weighted by Gasteiger charge is -2.27. The molecule has 0 amide bonds. The van der Waals surface area contributed by atoms with Crippen LogP contribution in [0.3, 0.4) is 0 Å². The lowest BCUT2D eigenvalue weighted by molar-refractivity contribution is 0.217. The van der Waals surface area contributed by atoms with Gasteiger partial charge in [-0.3, -0.25) is 4.90 Å². The number of guanidine groups is 1. The summed E-state index contributed by atoms with van der Waals surface area (Å²) in [5.41, 5.74) is 0. The Kier molecular flexibility index (Phi) is 11.6. The highest BCUT2D eigenvalue weighted by Gasteiger charge is 2.28. The van der Waals surface area contributed by atoms with Gasteiger partial charge >= 0.3 is 0 Å². The minimum Gasteiger partial charge on any atom is -0.493 e. The van der Waals surface area contributed by atoms with Gasteiger partial charge in [0, 0.05) is 25.7 Å². The van der Waals surface area contributed by atoms with Crippen LogP contribution in [0.5, 0.6) is 11.5 Å². The van der Waals surface area contributed by atoms with Crippen molar-refractivity contribution in [1.29, 1.82) is 0 Å². The summed E-state index contributed by atoms with van der Waals surface area (Å²) in [5, 5.41) is 3.44. The molecule has 28 heavy (non-hydrogen) atoms. The first kappa shape index (κ1) is 24.8. The molecular formula is C21H37IN4O2. The van der Waals surface area contributed by atoms with Crippen LogP contribution >= 0.6 is 24.0 Å². The van der Waals surface area contributed by atoms with Crippen LogP contribution in [0.1, 0.15) is 34.1 Å². The summed E-state index contributed by atoms with van der Waals surface area (Å²) >= 11 is 0. The van der Waals surface area contributed by atoms with Crippen molar-refractivity contribution in [1.82, 2.24) is 15.1 Å². The van der Waals surface area contributed by atoms with Crippen LogP contribution < -0.4 is 14.8 Å². The fraction of sp³-hybridized carbons (Fsp3) is 0.667. The molecule has 1 aliphatic heterocycles. The maximum Gasteiger partial charge on any atom is 0.194 e. The van der Waals surface area contributed by atoms with Crippen molar-refractivity contribution in [3.8, 4) is 11.5 Å². The molecule has 160 valence electrons. The third kappa shape index (κ3) is 6.99. The fourth-order valence-electron chi connectivity index (χ4n) is 3.58. The molecule has 2 unspecified atom stereocenters. The highest BCUT2D eigenvalue weighted by Crippen LogP contribution is 2.26. The zero-order chi connectivity index (χ0) is 19.6. The Bertz CT molecular complexity index is 596. The lowest BCUT2D eigenvalue weighted by atomic mass is 10.2. The number of nitrogens with one attached hydrogen (secondary N) is 1. The number of hydrogen-bond donors (Lipinski definition) is 1. The van der Waals surface area contributed by atoms with Gasteiger partial charge in [0.05, 0.1) is 13.7 Å². The van der Waals surface area contributed by atoms with Crippen LogP contribution in [-0.4, -0.2) is 74.3 Å². The molecule has 2 rings (SSSR count). The van der Waals surface area contributed by atoms with E-state index in [0.717, 1.165) is 50.2 Å². The second-order valence-electron chi connectivity index (χ2n) is 6.88. The highest BCUT2D eigenvalue weighted by molar-refractivity contribution is 14.0. The van der Waals surface area contributed by atoms with Crippen LogP contribution in [0.2, 0.25) is 0 Å². The van der Waals surface area contributed by atoms with Crippen LogP contribution in [0.25, 0.3) is 0 Å². The maximum absolute atomic E-state index is 6.04. The second-order valence-corrected chi connectivity index (χ2v) is 6.88. The van der Waals surface area contributed by atoms with Crippen molar-refractivity contribution in [3.05, 3.63) is 24.3 Å². The van der Waals surface area contributed by atoms with E-state index in [1.165, 1.54) is 6.42 Å². The van der Waals surface area contributed by atoms with Gasteiger partial charge in [-0.15, -0.1) is 24.0 Å². The van der Waals surface area contributed by atoms with Gasteiger partial charge in [0.2, 0.25) is 0 Å². The molecule has 6 nitrogen and oxygen atoms in total. The molecule has 1 saturated heterocycles. The van der Waals surface area contributed by atoms with Crippen LogP contribution in [0.15, 0.2) is 29.3 Å². The summed E-state index contributed by atoms with van der Waals surface area (Å²) in [6.07, 6.45) is 1.16. The summed E-state index contributed by atoms with van der Waals surface area (Å²) in [5.74, 6) is 2.50. The quantitative estimate of drug-likeness (QED) is 0.317. The number of aliphatic imine (C=N–C) groups is 1. The number of nitrogens with zero attached hydrogens (tertiary/aromatic N) is 3. The van der Waals surface area contributed by atoms with E-state index < -0.39 is 0 Å². The topological polar surface area (TPSA) is 49.3 Å². The molecule has 1 fully saturated rings. The highest BCUT2D eigenvalue weighted by atomic mass is 127. The van der Waals surface area contributed by atoms with Gasteiger partial charge in [0.25, 0.3) is 0 Å². The summed E-state index contributed by atoms with van der Waals surface area (Å²) in [6.45, 7) is 14.4. The first-order valence-corrected chi connectivity index (χ1v) is 10.2. The number of para-hydroxylation sites is 2. The second kappa shape index (κ2) is 13.1. The molecule has 0 aromatic heterocycles. The minimum atomic E-state index is -0.0314. The van der Waals surface area contributed by atoms with E-state index in [4.69, 9.17) is 14.5 Å². The molecule has 0 bridgehead atoms. The van der Waals surface area contributed by atoms with Gasteiger partial charge in [-0.1, -0.05) is 26.0 Å². The summed E-state index contributed by atoms with van der Waals surface area (Å²) < 4.78 is 11.4. The fourth-order valence-corrected chi connectivity index (χ4v) is 3.58. The molecule has 1 aromatic rings. The van der Waals surface area contributed by atoms with E-state index in [1.54, 1.807) is 7.11 Å². The Morgan fingerprint density at radius 1 is 1.25 bits per heavy atom. The maximum atomic E-state index is 6.04. The molecular weight excluding hydrogens is 467 g/mol. The molecule has 1 heterocycles. The van der Waals surface area contributed by atoms with Crippen LogP contribution in [0, 0.1) is 0 Å². The average molecular weight is 504 g/mol. The largest absolute Gasteiger partial charge is 0.493 e. The molecule has 1 N–H and O–H groups in total. The van der Waals surface area contributed by atoms with Gasteiger partial charge in [-0.05, 0) is 45.5 Å². The molecule has 1 aromatic carbocycles. The van der Waals surface area contributed by atoms with E-state index >= 15 is 0 Å². The zero-order valence-corrected chi connectivity index (χ0v) is 20.3. The van der Waals surface area contributed by atoms with Crippen molar-refractivity contribution in [2.75, 3.05) is 46.4 Å². The molecule has 0 saturated carbocycles. The predicted molar refractivity (Wildman–Crippen MR) is 127 cm³/mol. The Hall–Kier alpha value is -1.22. The van der Waals surface area contributed by atoms with Gasteiger partial charge in [0.15, 0.2) is 17.5 Å². The standard InChI is InChI=1S/C21H36N4O2.HI/c1-6-22-21(25-14-13-18(16-25)24(7-2)8-3)23-15-17(4)27-20-12-10-9-11-19(20)26-5;/h9-12,17-18H,6-8,13-16H2,1-5H3,(H,22,23);1H. The molecule has 0 spiro atoms. The third-order valence-corrected chi connectivity index (χ3v) is 5.02. The number of hydrogen-bond acceptors (Lipinski definition) is 4. The molecule has 1 aliphatic rings. The Morgan fingerprint density at radius 2 is 1.93 bits per heavy atom. The number of likely N-dealkylation sites (tertiary alicyclic amines) is 1. The van der Waals surface area contributed by atoms with Crippen LogP contribution in [-0.2, 0) is 0 Å². The first-order chi connectivity index (χ1) is 13.1. The van der Waals surface area contributed by atoms with Crippen LogP contribution in [0.4, 0.5) is 0 Å². The van der Waals surface area contributed by atoms with Crippen molar-refractivity contribution >= 4 is 29.9 Å². The van der Waals surface area contributed by atoms with E-state index in [2.05, 4.69) is 35.9 Å². The van der Waals surface area contributed by atoms with E-state index in [0.29, 0.717) is 12.6 Å². The molecule has 7 heteroatoms. The van der Waals surface area contributed by atoms with Gasteiger partial charge < -0.3 is 19.7 Å². The van der Waals surface area contributed by atoms with E-state index in [-0.39, 0.29) is 30.1 Å². The Balaban J connectivity index is 0.00000392. The van der Waals surface area contributed by atoms with E-state index in [9.17, 15) is 0 Å². The predicted octanol–water partition coefficient (Wildman–Crippen LogP) is 3.46. The number of methoxy groups -OCH3 is 1. The molecule has 0 radical (unpaired) electrons. The number of halogens is 1. The number of likely N-dealkylation sites (N-methyl/N-ethyl adjacent to an activating group) is 1. The van der Waals surface area contributed by atoms with Gasteiger partial charge in [-0.2, -0.15) is 0 Å².